The van der Waals surface area contributed by atoms with Crippen LogP contribution in [-0.2, 0) is 17.4 Å². The zero-order valence-electron chi connectivity index (χ0n) is 7.64. The maximum atomic E-state index is 12.3. The Morgan fingerprint density at radius 2 is 2.07 bits per heavy atom. The van der Waals surface area contributed by atoms with Crippen molar-refractivity contribution in [2.75, 3.05) is 0 Å². The quantitative estimate of drug-likeness (QED) is 0.445. The van der Waals surface area contributed by atoms with Crippen molar-refractivity contribution in [2.24, 2.45) is 5.84 Å². The number of hydrazine groups is 1. The Balaban J connectivity index is 2.88. The van der Waals surface area contributed by atoms with E-state index < -0.39 is 17.6 Å². The second kappa shape index (κ2) is 4.31. The molecule has 3 nitrogen and oxygen atoms in total. The van der Waals surface area contributed by atoms with Crippen LogP contribution in [0.25, 0.3) is 0 Å². The second-order valence-electron chi connectivity index (χ2n) is 2.94. The van der Waals surface area contributed by atoms with E-state index in [2.05, 4.69) is 0 Å². The molecule has 0 bridgehead atoms. The molecule has 0 saturated carbocycles. The molecule has 0 saturated heterocycles. The number of alkyl halides is 3. The molecule has 0 spiro atoms. The van der Waals surface area contributed by atoms with Crippen molar-refractivity contribution in [3.63, 3.8) is 0 Å². The van der Waals surface area contributed by atoms with Gasteiger partial charge in [0.1, 0.15) is 0 Å². The fraction of sp³-hybridized carbons (Fsp3) is 0.222. The predicted molar refractivity (Wildman–Crippen MR) is 47.5 cm³/mol. The Kier molecular flexibility index (Phi) is 3.31. The molecule has 0 fully saturated rings. The van der Waals surface area contributed by atoms with Crippen molar-refractivity contribution in [2.45, 2.75) is 12.6 Å². The van der Waals surface area contributed by atoms with E-state index in [1.807, 2.05) is 5.43 Å². The number of hydrogen-bond donors (Lipinski definition) is 2. The largest absolute Gasteiger partial charge is 0.416 e. The number of benzene rings is 1. The molecule has 3 N–H and O–H groups in total. The van der Waals surface area contributed by atoms with Gasteiger partial charge in [-0.3, -0.25) is 10.2 Å². The summed E-state index contributed by atoms with van der Waals surface area (Å²) in [4.78, 5) is 10.8. The van der Waals surface area contributed by atoms with E-state index in [-0.39, 0.29) is 12.0 Å². The number of hydrogen-bond acceptors (Lipinski definition) is 2. The molecule has 0 heterocycles. The Hall–Kier alpha value is -1.56. The zero-order valence-corrected chi connectivity index (χ0v) is 7.64. The van der Waals surface area contributed by atoms with Crippen molar-refractivity contribution >= 4 is 5.91 Å². The van der Waals surface area contributed by atoms with Gasteiger partial charge >= 0.3 is 6.18 Å². The van der Waals surface area contributed by atoms with Crippen LogP contribution in [0.5, 0.6) is 0 Å². The average molecular weight is 218 g/mol. The van der Waals surface area contributed by atoms with E-state index in [0.717, 1.165) is 12.1 Å². The molecule has 0 atom stereocenters. The van der Waals surface area contributed by atoms with Crippen LogP contribution in [0.1, 0.15) is 11.1 Å². The van der Waals surface area contributed by atoms with Crippen molar-refractivity contribution in [1.82, 2.24) is 5.43 Å². The molecule has 0 aliphatic carbocycles. The highest BCUT2D eigenvalue weighted by atomic mass is 19.4. The fourth-order valence-electron chi connectivity index (χ4n) is 1.09. The number of carbonyl (C=O) groups excluding carboxylic acids is 1. The Labute approximate surface area is 84.0 Å². The smallest absolute Gasteiger partial charge is 0.294 e. The Morgan fingerprint density at radius 3 is 2.60 bits per heavy atom. The third-order valence-corrected chi connectivity index (χ3v) is 1.78. The molecule has 1 amide bonds. The van der Waals surface area contributed by atoms with Gasteiger partial charge in [-0.25, -0.2) is 5.84 Å². The van der Waals surface area contributed by atoms with E-state index in [9.17, 15) is 18.0 Å². The molecular formula is C9H9F3N2O. The van der Waals surface area contributed by atoms with Crippen LogP contribution in [0.15, 0.2) is 24.3 Å². The van der Waals surface area contributed by atoms with Gasteiger partial charge < -0.3 is 0 Å². The van der Waals surface area contributed by atoms with Crippen molar-refractivity contribution < 1.29 is 18.0 Å². The van der Waals surface area contributed by atoms with Gasteiger partial charge in [0.2, 0.25) is 5.91 Å². The first kappa shape index (κ1) is 11.5. The highest BCUT2D eigenvalue weighted by Gasteiger charge is 2.30. The first-order valence-electron chi connectivity index (χ1n) is 4.09. The number of nitrogens with two attached hydrogens (primary N) is 1. The minimum absolute atomic E-state index is 0.166. The van der Waals surface area contributed by atoms with Crippen molar-refractivity contribution in [3.05, 3.63) is 35.4 Å². The summed E-state index contributed by atoms with van der Waals surface area (Å²) in [5.74, 6) is 4.29. The van der Waals surface area contributed by atoms with Gasteiger partial charge in [-0.2, -0.15) is 13.2 Å². The summed E-state index contributed by atoms with van der Waals surface area (Å²) in [5, 5.41) is 0. The van der Waals surface area contributed by atoms with Crippen molar-refractivity contribution in [3.8, 4) is 0 Å². The lowest BCUT2D eigenvalue weighted by Crippen LogP contribution is -2.31. The SMILES string of the molecule is NNC(=O)Cc1cccc(C(F)(F)F)c1. The Morgan fingerprint density at radius 1 is 1.40 bits per heavy atom. The topological polar surface area (TPSA) is 55.1 Å². The second-order valence-corrected chi connectivity index (χ2v) is 2.94. The van der Waals surface area contributed by atoms with Crippen LogP contribution in [0.2, 0.25) is 0 Å². The van der Waals surface area contributed by atoms with Crippen LogP contribution in [-0.4, -0.2) is 5.91 Å². The van der Waals surface area contributed by atoms with Gasteiger partial charge in [-0.05, 0) is 11.6 Å². The molecule has 0 aromatic heterocycles. The zero-order chi connectivity index (χ0) is 11.5. The van der Waals surface area contributed by atoms with Crippen LogP contribution in [0.3, 0.4) is 0 Å². The summed E-state index contributed by atoms with van der Waals surface area (Å²) < 4.78 is 36.8. The molecule has 1 aromatic carbocycles. The maximum Gasteiger partial charge on any atom is 0.416 e. The molecule has 0 aliphatic rings. The fourth-order valence-corrected chi connectivity index (χ4v) is 1.09. The monoisotopic (exact) mass is 218 g/mol. The summed E-state index contributed by atoms with van der Waals surface area (Å²) >= 11 is 0. The Bertz CT molecular complexity index is 363. The lowest BCUT2D eigenvalue weighted by atomic mass is 10.1. The van der Waals surface area contributed by atoms with Gasteiger partial charge in [0.15, 0.2) is 0 Å². The molecule has 0 aliphatic heterocycles. The number of carbonyl (C=O) groups is 1. The molecular weight excluding hydrogens is 209 g/mol. The standard InChI is InChI=1S/C9H9F3N2O/c10-9(11,12)7-3-1-2-6(4-7)5-8(15)14-13/h1-4H,5,13H2,(H,14,15). The first-order valence-corrected chi connectivity index (χ1v) is 4.09. The van der Waals surface area contributed by atoms with Gasteiger partial charge in [-0.15, -0.1) is 0 Å². The third-order valence-electron chi connectivity index (χ3n) is 1.78. The third kappa shape index (κ3) is 3.25. The minimum atomic E-state index is -4.39. The van der Waals surface area contributed by atoms with Crippen molar-refractivity contribution in [1.29, 1.82) is 0 Å². The molecule has 6 heteroatoms. The molecule has 15 heavy (non-hydrogen) atoms. The first-order chi connectivity index (χ1) is 6.93. The minimum Gasteiger partial charge on any atom is -0.294 e. The number of halogens is 3. The summed E-state index contributed by atoms with van der Waals surface area (Å²) in [6, 6.07) is 4.56. The van der Waals surface area contributed by atoms with E-state index in [1.165, 1.54) is 12.1 Å². The molecule has 1 rings (SSSR count). The van der Waals surface area contributed by atoms with E-state index in [1.54, 1.807) is 0 Å². The molecule has 0 radical (unpaired) electrons. The van der Waals surface area contributed by atoms with Crippen LogP contribution >= 0.6 is 0 Å². The van der Waals surface area contributed by atoms with Gasteiger partial charge in [-0.1, -0.05) is 18.2 Å². The van der Waals surface area contributed by atoms with E-state index in [0.29, 0.717) is 0 Å². The number of rotatable bonds is 2. The number of nitrogens with one attached hydrogen (secondary N) is 1. The molecule has 0 unspecified atom stereocenters. The molecule has 1 aromatic rings. The van der Waals surface area contributed by atoms with Gasteiger partial charge in [0.05, 0.1) is 12.0 Å². The number of amides is 1. The lowest BCUT2D eigenvalue weighted by Gasteiger charge is -2.08. The van der Waals surface area contributed by atoms with E-state index >= 15 is 0 Å². The molecule has 82 valence electrons. The highest BCUT2D eigenvalue weighted by molar-refractivity contribution is 5.77. The lowest BCUT2D eigenvalue weighted by molar-refractivity contribution is -0.137. The average Bonchev–Trinajstić information content (AvgIpc) is 2.17. The van der Waals surface area contributed by atoms with Crippen LogP contribution in [0, 0.1) is 0 Å². The predicted octanol–water partition coefficient (Wildman–Crippen LogP) is 1.24. The van der Waals surface area contributed by atoms with Gasteiger partial charge in [0, 0.05) is 0 Å². The van der Waals surface area contributed by atoms with Crippen LogP contribution in [0.4, 0.5) is 13.2 Å². The highest BCUT2D eigenvalue weighted by Crippen LogP contribution is 2.29. The summed E-state index contributed by atoms with van der Waals surface area (Å²) in [6.07, 6.45) is -4.56. The van der Waals surface area contributed by atoms with Crippen LogP contribution < -0.4 is 11.3 Å². The van der Waals surface area contributed by atoms with Gasteiger partial charge in [0.25, 0.3) is 0 Å². The summed E-state index contributed by atoms with van der Waals surface area (Å²) in [6.45, 7) is 0. The normalized spacial score (nSPS) is 11.2. The summed E-state index contributed by atoms with van der Waals surface area (Å²) in [5.41, 5.74) is 1.35. The summed E-state index contributed by atoms with van der Waals surface area (Å²) in [7, 11) is 0. The van der Waals surface area contributed by atoms with E-state index in [4.69, 9.17) is 5.84 Å². The maximum absolute atomic E-state index is 12.3.